The van der Waals surface area contributed by atoms with Crippen LogP contribution in [0.5, 0.6) is 0 Å². The molecule has 0 aromatic heterocycles. The molecule has 0 fully saturated rings. The molecule has 0 bridgehead atoms. The van der Waals surface area contributed by atoms with Gasteiger partial charge in [-0.2, -0.15) is 0 Å². The van der Waals surface area contributed by atoms with Crippen molar-refractivity contribution < 1.29 is 19.8 Å². The average molecular weight is 287 g/mol. The van der Waals surface area contributed by atoms with Crippen LogP contribution in [0, 0.1) is 12.3 Å². The Morgan fingerprint density at radius 1 is 1.29 bits per heavy atom. The van der Waals surface area contributed by atoms with Gasteiger partial charge in [0.2, 0.25) is 0 Å². The molecule has 0 aliphatic heterocycles. The van der Waals surface area contributed by atoms with Gasteiger partial charge in [-0.25, -0.2) is 9.59 Å². The average Bonchev–Trinajstić information content (AvgIpc) is 2.87. The summed E-state index contributed by atoms with van der Waals surface area (Å²) in [6.45, 7) is 0.666. The largest absolute Gasteiger partial charge is 0.478 e. The van der Waals surface area contributed by atoms with E-state index >= 15 is 0 Å². The van der Waals surface area contributed by atoms with Crippen LogP contribution in [0.15, 0.2) is 36.4 Å². The summed E-state index contributed by atoms with van der Waals surface area (Å²) in [6.07, 6.45) is 8.69. The number of carboxylic acid groups (broad SMARTS) is 2. The number of carbonyl (C=O) groups is 2. The summed E-state index contributed by atoms with van der Waals surface area (Å²) in [6, 6.07) is 9.06. The molecule has 5 heteroatoms. The van der Waals surface area contributed by atoms with Crippen LogP contribution in [-0.2, 0) is 16.0 Å². The van der Waals surface area contributed by atoms with Gasteiger partial charge < -0.3 is 10.2 Å². The first-order valence-corrected chi connectivity index (χ1v) is 6.43. The standard InChI is InChI=1S/C12H13N.C4H4O4/c1-2-9-13-12-8-7-10-5-3-4-6-11(10)12;5-3(6)1-2-4(7)8/h1,3-6,12-13H,7-9H2;1-2H,(H,5,6)(H,7,8)/b;2-1-/t12-;/m1./s1. The highest BCUT2D eigenvalue weighted by Gasteiger charge is 2.20. The number of hydrogen-bond donors (Lipinski definition) is 3. The Labute approximate surface area is 123 Å². The molecule has 1 aliphatic rings. The summed E-state index contributed by atoms with van der Waals surface area (Å²) in [5.41, 5.74) is 2.90. The molecule has 5 nitrogen and oxygen atoms in total. The van der Waals surface area contributed by atoms with E-state index in [1.165, 1.54) is 24.0 Å². The van der Waals surface area contributed by atoms with Gasteiger partial charge in [-0.15, -0.1) is 6.42 Å². The van der Waals surface area contributed by atoms with E-state index in [2.05, 4.69) is 35.5 Å². The summed E-state index contributed by atoms with van der Waals surface area (Å²) in [5, 5.41) is 19.0. The van der Waals surface area contributed by atoms with E-state index in [4.69, 9.17) is 16.6 Å². The van der Waals surface area contributed by atoms with Gasteiger partial charge in [0, 0.05) is 18.2 Å². The molecule has 1 atom stereocenters. The molecule has 21 heavy (non-hydrogen) atoms. The number of benzene rings is 1. The second-order valence-electron chi connectivity index (χ2n) is 4.38. The monoisotopic (exact) mass is 287 g/mol. The van der Waals surface area contributed by atoms with Crippen molar-refractivity contribution in [3.8, 4) is 12.3 Å². The van der Waals surface area contributed by atoms with Crippen LogP contribution in [0.2, 0.25) is 0 Å². The summed E-state index contributed by atoms with van der Waals surface area (Å²) in [4.78, 5) is 19.1. The number of terminal acetylenes is 1. The van der Waals surface area contributed by atoms with E-state index in [0.29, 0.717) is 24.7 Å². The lowest BCUT2D eigenvalue weighted by Gasteiger charge is -2.10. The van der Waals surface area contributed by atoms with Crippen LogP contribution in [0.3, 0.4) is 0 Å². The third kappa shape index (κ3) is 5.93. The number of carboxylic acids is 2. The molecule has 0 amide bonds. The molecule has 0 unspecified atom stereocenters. The molecule has 0 saturated carbocycles. The molecule has 0 spiro atoms. The number of nitrogens with one attached hydrogen (secondary N) is 1. The summed E-state index contributed by atoms with van der Waals surface area (Å²) >= 11 is 0. The van der Waals surface area contributed by atoms with Crippen LogP contribution < -0.4 is 5.32 Å². The second kappa shape index (κ2) is 8.56. The molecule has 3 N–H and O–H groups in total. The zero-order valence-electron chi connectivity index (χ0n) is 11.5. The third-order valence-corrected chi connectivity index (χ3v) is 2.95. The summed E-state index contributed by atoms with van der Waals surface area (Å²) in [5.74, 6) is 0.100. The predicted octanol–water partition coefficient (Wildman–Crippen LogP) is 1.61. The van der Waals surface area contributed by atoms with Crippen LogP contribution in [-0.4, -0.2) is 28.7 Å². The Kier molecular flexibility index (Phi) is 6.72. The van der Waals surface area contributed by atoms with Crippen molar-refractivity contribution >= 4 is 11.9 Å². The van der Waals surface area contributed by atoms with Gasteiger partial charge in [0.05, 0.1) is 6.54 Å². The number of hydrogen-bond acceptors (Lipinski definition) is 3. The summed E-state index contributed by atoms with van der Waals surface area (Å²) in [7, 11) is 0. The van der Waals surface area contributed by atoms with E-state index in [9.17, 15) is 9.59 Å². The zero-order chi connectivity index (χ0) is 15.7. The lowest BCUT2D eigenvalue weighted by atomic mass is 10.1. The van der Waals surface area contributed by atoms with Gasteiger partial charge in [-0.3, -0.25) is 5.32 Å². The van der Waals surface area contributed by atoms with Crippen molar-refractivity contribution in [2.45, 2.75) is 18.9 Å². The van der Waals surface area contributed by atoms with Crippen molar-refractivity contribution in [3.63, 3.8) is 0 Å². The highest BCUT2D eigenvalue weighted by molar-refractivity contribution is 5.89. The fourth-order valence-electron chi connectivity index (χ4n) is 2.09. The van der Waals surface area contributed by atoms with Crippen LogP contribution in [0.4, 0.5) is 0 Å². The highest BCUT2D eigenvalue weighted by atomic mass is 16.4. The number of rotatable bonds is 4. The molecule has 110 valence electrons. The van der Waals surface area contributed by atoms with Gasteiger partial charge in [0.25, 0.3) is 0 Å². The SMILES string of the molecule is C#CCN[C@@H]1CCc2ccccc21.O=C(O)/C=C\C(=O)O. The van der Waals surface area contributed by atoms with E-state index in [1.54, 1.807) is 0 Å². The normalized spacial score (nSPS) is 15.7. The number of aryl methyl sites for hydroxylation is 1. The Balaban J connectivity index is 0.000000240. The minimum Gasteiger partial charge on any atom is -0.478 e. The van der Waals surface area contributed by atoms with Gasteiger partial charge in [0.15, 0.2) is 0 Å². The Morgan fingerprint density at radius 2 is 1.90 bits per heavy atom. The van der Waals surface area contributed by atoms with E-state index in [1.807, 2.05) is 0 Å². The molecule has 1 aliphatic carbocycles. The third-order valence-electron chi connectivity index (χ3n) is 2.95. The fourth-order valence-corrected chi connectivity index (χ4v) is 2.09. The van der Waals surface area contributed by atoms with Crippen molar-refractivity contribution in [1.29, 1.82) is 0 Å². The maximum Gasteiger partial charge on any atom is 0.328 e. The zero-order valence-corrected chi connectivity index (χ0v) is 11.5. The van der Waals surface area contributed by atoms with E-state index < -0.39 is 11.9 Å². The first-order valence-electron chi connectivity index (χ1n) is 6.43. The first kappa shape index (κ1) is 16.5. The number of fused-ring (bicyclic) bond motifs is 1. The van der Waals surface area contributed by atoms with E-state index in [0.717, 1.165) is 0 Å². The molecule has 0 saturated heterocycles. The summed E-state index contributed by atoms with van der Waals surface area (Å²) < 4.78 is 0. The van der Waals surface area contributed by atoms with Crippen molar-refractivity contribution in [1.82, 2.24) is 5.32 Å². The predicted molar refractivity (Wildman–Crippen MR) is 78.8 cm³/mol. The lowest BCUT2D eigenvalue weighted by molar-refractivity contribution is -0.134. The van der Waals surface area contributed by atoms with Gasteiger partial charge in [0.1, 0.15) is 0 Å². The van der Waals surface area contributed by atoms with Crippen LogP contribution in [0.1, 0.15) is 23.6 Å². The van der Waals surface area contributed by atoms with Crippen molar-refractivity contribution in [2.24, 2.45) is 0 Å². The minimum absolute atomic E-state index is 0.479. The Bertz CT molecular complexity index is 556. The molecule has 1 aromatic rings. The highest BCUT2D eigenvalue weighted by Crippen LogP contribution is 2.30. The molecule has 0 heterocycles. The molecule has 1 aromatic carbocycles. The topological polar surface area (TPSA) is 86.6 Å². The first-order chi connectivity index (χ1) is 10.0. The smallest absolute Gasteiger partial charge is 0.328 e. The van der Waals surface area contributed by atoms with Crippen LogP contribution in [0.25, 0.3) is 0 Å². The van der Waals surface area contributed by atoms with Crippen molar-refractivity contribution in [3.05, 3.63) is 47.5 Å². The van der Waals surface area contributed by atoms with E-state index in [-0.39, 0.29) is 0 Å². The lowest BCUT2D eigenvalue weighted by Crippen LogP contribution is -2.19. The molecular formula is C16H17NO4. The Hall–Kier alpha value is -2.58. The second-order valence-corrected chi connectivity index (χ2v) is 4.38. The Morgan fingerprint density at radius 3 is 2.48 bits per heavy atom. The number of aliphatic carboxylic acids is 2. The van der Waals surface area contributed by atoms with Gasteiger partial charge in [-0.1, -0.05) is 30.2 Å². The van der Waals surface area contributed by atoms with Gasteiger partial charge >= 0.3 is 11.9 Å². The van der Waals surface area contributed by atoms with Crippen LogP contribution >= 0.6 is 0 Å². The maximum absolute atomic E-state index is 9.55. The van der Waals surface area contributed by atoms with Crippen molar-refractivity contribution in [2.75, 3.05) is 6.54 Å². The molecule has 2 rings (SSSR count). The minimum atomic E-state index is -1.26. The quantitative estimate of drug-likeness (QED) is 0.578. The van der Waals surface area contributed by atoms with Gasteiger partial charge in [-0.05, 0) is 24.0 Å². The fraction of sp³-hybridized carbons (Fsp3) is 0.250. The molecular weight excluding hydrogens is 270 g/mol. The maximum atomic E-state index is 9.55. The molecule has 0 radical (unpaired) electrons.